The molecule has 278 valence electrons. The Balaban J connectivity index is 1.27. The molecule has 2 N–H and O–H groups in total. The number of thiophene rings is 1. The Hall–Kier alpha value is -4.67. The molecular weight excluding hydrogens is 710 g/mol. The van der Waals surface area contributed by atoms with E-state index in [1.54, 1.807) is 13.1 Å². The molecule has 1 fully saturated rings. The van der Waals surface area contributed by atoms with Crippen molar-refractivity contribution in [3.63, 3.8) is 0 Å². The van der Waals surface area contributed by atoms with Gasteiger partial charge in [-0.15, -0.1) is 17.3 Å². The maximum atomic E-state index is 12.8. The fourth-order valence-corrected chi connectivity index (χ4v) is 7.77. The average molecular weight is 756 g/mol. The second-order valence-corrected chi connectivity index (χ2v) is 15.5. The second-order valence-electron chi connectivity index (χ2n) is 14.2. The highest BCUT2D eigenvalue weighted by atomic mass is 35.5. The molecule has 0 aliphatic carbocycles. The average Bonchev–Trinajstić information content (AvgIpc) is 3.76. The van der Waals surface area contributed by atoms with Crippen molar-refractivity contribution in [2.75, 3.05) is 51.7 Å². The van der Waals surface area contributed by atoms with Crippen LogP contribution in [0.15, 0.2) is 55.0 Å². The molecule has 53 heavy (non-hydrogen) atoms. The zero-order valence-electron chi connectivity index (χ0n) is 31.1. The number of aromatic nitrogens is 4. The van der Waals surface area contributed by atoms with E-state index in [4.69, 9.17) is 21.1 Å². The third-order valence-electron chi connectivity index (χ3n) is 9.35. The van der Waals surface area contributed by atoms with Gasteiger partial charge in [0.25, 0.3) is 0 Å². The fraction of sp³-hybridized carbons (Fsp3) is 0.400. The van der Waals surface area contributed by atoms with Crippen molar-refractivity contribution >= 4 is 44.9 Å². The normalized spacial score (nSPS) is 14.5. The van der Waals surface area contributed by atoms with Gasteiger partial charge in [-0.1, -0.05) is 41.8 Å². The molecule has 1 aliphatic heterocycles. The smallest absolute Gasteiger partial charge is 0.326 e. The van der Waals surface area contributed by atoms with E-state index in [1.165, 1.54) is 17.7 Å². The molecule has 1 atom stereocenters. The van der Waals surface area contributed by atoms with Crippen molar-refractivity contribution < 1.29 is 19.4 Å². The first-order valence-electron chi connectivity index (χ1n) is 17.7. The third-order valence-corrected chi connectivity index (χ3v) is 10.8. The highest BCUT2D eigenvalue weighted by Crippen LogP contribution is 2.45. The Kier molecular flexibility index (Phi) is 11.9. The summed E-state index contributed by atoms with van der Waals surface area (Å²) in [5.74, 6) is 6.85. The van der Waals surface area contributed by atoms with Crippen LogP contribution in [-0.4, -0.2) is 93.0 Å². The summed E-state index contributed by atoms with van der Waals surface area (Å²) in [4.78, 5) is 28.2. The van der Waals surface area contributed by atoms with E-state index in [9.17, 15) is 9.90 Å². The molecule has 0 bridgehead atoms. The lowest BCUT2D eigenvalue weighted by atomic mass is 9.97. The number of carbonyl (C=O) groups is 1. The molecule has 0 amide bonds. The van der Waals surface area contributed by atoms with Crippen molar-refractivity contribution in [2.24, 2.45) is 0 Å². The number of para-hydroxylation sites is 1. The first kappa shape index (κ1) is 38.1. The summed E-state index contributed by atoms with van der Waals surface area (Å²) in [7, 11) is 2.14. The maximum absolute atomic E-state index is 12.8. The Morgan fingerprint density at radius 1 is 1.08 bits per heavy atom. The van der Waals surface area contributed by atoms with Gasteiger partial charge in [-0.2, -0.15) is 5.10 Å². The highest BCUT2D eigenvalue weighted by Gasteiger charge is 2.26. The van der Waals surface area contributed by atoms with Crippen LogP contribution >= 0.6 is 22.9 Å². The Bertz CT molecular complexity index is 2140. The van der Waals surface area contributed by atoms with Crippen LogP contribution in [0.3, 0.4) is 0 Å². The number of nitrogens with zero attached hydrogens (tertiary/aromatic N) is 6. The van der Waals surface area contributed by atoms with Gasteiger partial charge < -0.3 is 24.8 Å². The first-order valence-corrected chi connectivity index (χ1v) is 18.9. The number of halogens is 1. The summed E-state index contributed by atoms with van der Waals surface area (Å²) < 4.78 is 14.4. The van der Waals surface area contributed by atoms with Crippen LogP contribution < -0.4 is 14.8 Å². The van der Waals surface area contributed by atoms with Crippen LogP contribution in [-0.2, 0) is 23.4 Å². The molecule has 1 aliphatic rings. The van der Waals surface area contributed by atoms with Gasteiger partial charge in [-0.25, -0.2) is 14.8 Å². The third kappa shape index (κ3) is 8.77. The molecule has 2 aromatic carbocycles. The fourth-order valence-electron chi connectivity index (χ4n) is 6.49. The minimum absolute atomic E-state index is 0.141. The summed E-state index contributed by atoms with van der Waals surface area (Å²) in [6, 6.07) is 12.3. The lowest BCUT2D eigenvalue weighted by Gasteiger charge is -2.32. The van der Waals surface area contributed by atoms with Crippen LogP contribution in [0.4, 0.5) is 5.82 Å². The van der Waals surface area contributed by atoms with Gasteiger partial charge in [0.1, 0.15) is 47.7 Å². The number of hydrogen-bond acceptors (Lipinski definition) is 10. The minimum atomic E-state index is -1.04. The lowest BCUT2D eigenvalue weighted by molar-refractivity contribution is -0.137. The van der Waals surface area contributed by atoms with E-state index in [0.717, 1.165) is 65.5 Å². The molecule has 13 heteroatoms. The number of aliphatic carboxylic acids is 1. The molecule has 0 saturated carbocycles. The standard InChI is InChI=1S/C40H46ClN7O4S/c1-7-10-33-34(29-13-14-32(36(41)26(29)2)51-22-21-47-19-17-46(6)18-20-47)35-37(42-25-43-38(35)53-33)45-30(39(49)50)23-27-11-8-9-12-31(27)52-24-28-15-16-44-48(28)40(3,4)5/h8-9,11-16,25,30H,17-24H2,1-6H3,(H,49,50)(H,42,43,45). The maximum Gasteiger partial charge on any atom is 0.326 e. The molecule has 0 radical (unpaired) electrons. The van der Waals surface area contributed by atoms with Crippen LogP contribution in [0.25, 0.3) is 21.3 Å². The Morgan fingerprint density at radius 2 is 1.85 bits per heavy atom. The summed E-state index contributed by atoms with van der Waals surface area (Å²) in [6.45, 7) is 15.8. The number of likely N-dealkylation sites (N-methyl/N-ethyl adjacent to an activating group) is 1. The number of carboxylic acid groups (broad SMARTS) is 1. The number of anilines is 1. The van der Waals surface area contributed by atoms with Gasteiger partial charge >= 0.3 is 5.97 Å². The van der Waals surface area contributed by atoms with Gasteiger partial charge in [0, 0.05) is 50.9 Å². The molecule has 0 spiro atoms. The molecule has 4 heterocycles. The molecule has 6 rings (SSSR count). The lowest BCUT2D eigenvalue weighted by Crippen LogP contribution is -2.45. The summed E-state index contributed by atoms with van der Waals surface area (Å²) in [5.41, 5.74) is 3.92. The summed E-state index contributed by atoms with van der Waals surface area (Å²) >= 11 is 8.41. The minimum Gasteiger partial charge on any atom is -0.491 e. The van der Waals surface area contributed by atoms with E-state index >= 15 is 0 Å². The topological polar surface area (TPSA) is 118 Å². The quantitative estimate of drug-likeness (QED) is 0.122. The van der Waals surface area contributed by atoms with Crippen LogP contribution in [0.5, 0.6) is 11.5 Å². The highest BCUT2D eigenvalue weighted by molar-refractivity contribution is 7.19. The van der Waals surface area contributed by atoms with Gasteiger partial charge in [0.15, 0.2) is 0 Å². The van der Waals surface area contributed by atoms with Gasteiger partial charge in [0.05, 0.1) is 26.5 Å². The van der Waals surface area contributed by atoms with Crippen LogP contribution in [0.2, 0.25) is 5.02 Å². The second kappa shape index (κ2) is 16.6. The van der Waals surface area contributed by atoms with Crippen molar-refractivity contribution in [3.8, 4) is 34.5 Å². The number of benzene rings is 2. The molecular formula is C40H46ClN7O4S. The predicted octanol–water partition coefficient (Wildman–Crippen LogP) is 6.96. The van der Waals surface area contributed by atoms with Gasteiger partial charge in [-0.3, -0.25) is 9.58 Å². The van der Waals surface area contributed by atoms with Gasteiger partial charge in [0.2, 0.25) is 0 Å². The van der Waals surface area contributed by atoms with Crippen LogP contribution in [0.1, 0.15) is 49.4 Å². The van der Waals surface area contributed by atoms with E-state index in [2.05, 4.69) is 69.8 Å². The SMILES string of the molecule is CC#Cc1sc2ncnc(NC(Cc3ccccc3OCc3ccnn3C(C)(C)C)C(=O)O)c2c1-c1ccc(OCCN2CCN(C)CC2)c(Cl)c1C. The number of hydrogen-bond donors (Lipinski definition) is 2. The van der Waals surface area contributed by atoms with Crippen molar-refractivity contribution in [3.05, 3.63) is 81.7 Å². The van der Waals surface area contributed by atoms with E-state index < -0.39 is 12.0 Å². The number of ether oxygens (including phenoxy) is 2. The molecule has 5 aromatic rings. The molecule has 11 nitrogen and oxygen atoms in total. The predicted molar refractivity (Wildman–Crippen MR) is 211 cm³/mol. The Morgan fingerprint density at radius 3 is 2.58 bits per heavy atom. The van der Waals surface area contributed by atoms with Crippen LogP contribution in [0, 0.1) is 18.8 Å². The zero-order valence-corrected chi connectivity index (χ0v) is 32.6. The van der Waals surface area contributed by atoms with Crippen molar-refractivity contribution in [2.45, 2.75) is 59.2 Å². The van der Waals surface area contributed by atoms with Crippen molar-refractivity contribution in [1.29, 1.82) is 0 Å². The molecule has 1 saturated heterocycles. The largest absolute Gasteiger partial charge is 0.491 e. The number of rotatable bonds is 13. The molecule has 1 unspecified atom stereocenters. The van der Waals surface area contributed by atoms with Gasteiger partial charge in [-0.05, 0) is 76.6 Å². The number of carboxylic acids is 1. The number of piperazine rings is 1. The summed E-state index contributed by atoms with van der Waals surface area (Å²) in [6.07, 6.45) is 3.34. The number of nitrogens with one attached hydrogen (secondary N) is 1. The molecule has 3 aromatic heterocycles. The van der Waals surface area contributed by atoms with Crippen molar-refractivity contribution in [1.82, 2.24) is 29.5 Å². The summed E-state index contributed by atoms with van der Waals surface area (Å²) in [5, 5.41) is 19.4. The number of fused-ring (bicyclic) bond motifs is 1. The van der Waals surface area contributed by atoms with E-state index in [0.29, 0.717) is 39.2 Å². The first-order chi connectivity index (χ1) is 25.4. The van der Waals surface area contributed by atoms with E-state index in [1.807, 2.05) is 54.1 Å². The Labute approximate surface area is 319 Å². The zero-order chi connectivity index (χ0) is 37.7. The monoisotopic (exact) mass is 755 g/mol. The van der Waals surface area contributed by atoms with E-state index in [-0.39, 0.29) is 18.6 Å².